The third-order valence-electron chi connectivity index (χ3n) is 4.30. The SMILES string of the molecule is CC(=O)NC(Cc1cc(F)cc(F)c1)C(O)CNC1(C(=O)NCO)CC1. The van der Waals surface area contributed by atoms with Crippen LogP contribution >= 0.6 is 0 Å². The predicted molar refractivity (Wildman–Crippen MR) is 88.9 cm³/mol. The molecular formula is C17H23F2N3O4. The molecule has 1 aromatic carbocycles. The molecule has 1 saturated carbocycles. The monoisotopic (exact) mass is 371 g/mol. The van der Waals surface area contributed by atoms with Gasteiger partial charge < -0.3 is 26.2 Å². The van der Waals surface area contributed by atoms with Gasteiger partial charge in [-0.2, -0.15) is 0 Å². The molecule has 1 aliphatic rings. The summed E-state index contributed by atoms with van der Waals surface area (Å²) in [4.78, 5) is 23.3. The van der Waals surface area contributed by atoms with E-state index in [-0.39, 0.29) is 18.9 Å². The average molecular weight is 371 g/mol. The zero-order valence-corrected chi connectivity index (χ0v) is 14.4. The molecule has 1 fully saturated rings. The second-order valence-corrected chi connectivity index (χ2v) is 6.48. The summed E-state index contributed by atoms with van der Waals surface area (Å²) in [7, 11) is 0. The van der Waals surface area contributed by atoms with Crippen molar-refractivity contribution >= 4 is 11.8 Å². The Morgan fingerprint density at radius 3 is 2.35 bits per heavy atom. The van der Waals surface area contributed by atoms with Crippen molar-refractivity contribution in [2.75, 3.05) is 13.3 Å². The van der Waals surface area contributed by atoms with E-state index in [1.54, 1.807) is 0 Å². The summed E-state index contributed by atoms with van der Waals surface area (Å²) in [6, 6.07) is 2.22. The van der Waals surface area contributed by atoms with Gasteiger partial charge in [-0.15, -0.1) is 0 Å². The van der Waals surface area contributed by atoms with Gasteiger partial charge in [-0.3, -0.25) is 9.59 Å². The average Bonchev–Trinajstić information content (AvgIpc) is 3.32. The van der Waals surface area contributed by atoms with Crippen LogP contribution in [0.15, 0.2) is 18.2 Å². The molecule has 0 radical (unpaired) electrons. The fraction of sp³-hybridized carbons (Fsp3) is 0.529. The lowest BCUT2D eigenvalue weighted by atomic mass is 10.00. The van der Waals surface area contributed by atoms with Crippen LogP contribution in [0.5, 0.6) is 0 Å². The molecule has 7 nitrogen and oxygen atoms in total. The molecule has 1 aromatic rings. The molecule has 0 saturated heterocycles. The van der Waals surface area contributed by atoms with E-state index in [4.69, 9.17) is 5.11 Å². The van der Waals surface area contributed by atoms with Gasteiger partial charge in [0.1, 0.15) is 18.4 Å². The van der Waals surface area contributed by atoms with Gasteiger partial charge in [0, 0.05) is 19.5 Å². The zero-order chi connectivity index (χ0) is 19.3. The van der Waals surface area contributed by atoms with Gasteiger partial charge in [-0.05, 0) is 37.0 Å². The number of β-amino-alcohol motifs (C(OH)–C–C–N with tert-alkyl or cyclic N) is 1. The number of aliphatic hydroxyl groups is 2. The standard InChI is InChI=1S/C17H23F2N3O4/c1-10(24)22-14(6-11-4-12(18)7-13(19)5-11)15(25)8-21-17(2-3-17)16(26)20-9-23/h4-5,7,14-15,21,23,25H,2-3,6,8-9H2,1H3,(H,20,26)(H,22,24). The van der Waals surface area contributed by atoms with E-state index < -0.39 is 42.0 Å². The van der Waals surface area contributed by atoms with Crippen molar-refractivity contribution in [2.45, 2.75) is 43.9 Å². The summed E-state index contributed by atoms with van der Waals surface area (Å²) in [6.45, 7) is 0.780. The lowest BCUT2D eigenvalue weighted by Gasteiger charge is -2.26. The molecule has 9 heteroatoms. The number of nitrogens with one attached hydrogen (secondary N) is 3. The first-order chi connectivity index (χ1) is 12.3. The van der Waals surface area contributed by atoms with Crippen LogP contribution in [0.1, 0.15) is 25.3 Å². The maximum absolute atomic E-state index is 13.3. The summed E-state index contributed by atoms with van der Waals surface area (Å²) in [6.07, 6.45) is 0.0498. The highest BCUT2D eigenvalue weighted by Crippen LogP contribution is 2.35. The lowest BCUT2D eigenvalue weighted by molar-refractivity contribution is -0.125. The Bertz CT molecular complexity index is 647. The van der Waals surface area contributed by atoms with E-state index >= 15 is 0 Å². The van der Waals surface area contributed by atoms with Gasteiger partial charge in [0.15, 0.2) is 0 Å². The van der Waals surface area contributed by atoms with Gasteiger partial charge in [-0.1, -0.05) is 0 Å². The maximum Gasteiger partial charge on any atom is 0.242 e. The number of halogens is 2. The highest BCUT2D eigenvalue weighted by Gasteiger charge is 2.49. The summed E-state index contributed by atoms with van der Waals surface area (Å²) >= 11 is 0. The molecule has 1 aliphatic carbocycles. The minimum Gasteiger partial charge on any atom is -0.390 e. The Hall–Kier alpha value is -2.10. The van der Waals surface area contributed by atoms with Crippen LogP contribution in [0.4, 0.5) is 8.78 Å². The van der Waals surface area contributed by atoms with Crippen molar-refractivity contribution in [3.05, 3.63) is 35.4 Å². The molecule has 2 atom stereocenters. The molecule has 5 N–H and O–H groups in total. The van der Waals surface area contributed by atoms with E-state index in [0.29, 0.717) is 18.4 Å². The lowest BCUT2D eigenvalue weighted by Crippen LogP contribution is -2.53. The van der Waals surface area contributed by atoms with Crippen molar-refractivity contribution in [3.63, 3.8) is 0 Å². The van der Waals surface area contributed by atoms with Crippen molar-refractivity contribution in [2.24, 2.45) is 0 Å². The number of amides is 2. The minimum absolute atomic E-state index is 0.0123. The molecule has 0 bridgehead atoms. The topological polar surface area (TPSA) is 111 Å². The highest BCUT2D eigenvalue weighted by molar-refractivity contribution is 5.89. The molecular weight excluding hydrogens is 348 g/mol. The van der Waals surface area contributed by atoms with Crippen LogP contribution in [0.25, 0.3) is 0 Å². The summed E-state index contributed by atoms with van der Waals surface area (Å²) in [5.74, 6) is -2.25. The van der Waals surface area contributed by atoms with Gasteiger partial charge >= 0.3 is 0 Å². The smallest absolute Gasteiger partial charge is 0.242 e. The number of benzene rings is 1. The molecule has 2 rings (SSSR count). The Balaban J connectivity index is 2.01. The van der Waals surface area contributed by atoms with Crippen LogP contribution in [0.2, 0.25) is 0 Å². The van der Waals surface area contributed by atoms with Gasteiger partial charge in [0.25, 0.3) is 0 Å². The normalized spacial score (nSPS) is 17.3. The van der Waals surface area contributed by atoms with Crippen LogP contribution in [-0.2, 0) is 16.0 Å². The first kappa shape index (κ1) is 20.2. The van der Waals surface area contributed by atoms with E-state index in [1.165, 1.54) is 6.92 Å². The number of carbonyl (C=O) groups excluding carboxylic acids is 2. The zero-order valence-electron chi connectivity index (χ0n) is 14.4. The third kappa shape index (κ3) is 5.45. The molecule has 2 unspecified atom stereocenters. The van der Waals surface area contributed by atoms with E-state index in [0.717, 1.165) is 18.2 Å². The molecule has 2 amide bonds. The van der Waals surface area contributed by atoms with Gasteiger partial charge in [0.05, 0.1) is 17.7 Å². The molecule has 0 spiro atoms. The van der Waals surface area contributed by atoms with Crippen LogP contribution in [0.3, 0.4) is 0 Å². The molecule has 26 heavy (non-hydrogen) atoms. The number of hydrogen-bond donors (Lipinski definition) is 5. The second-order valence-electron chi connectivity index (χ2n) is 6.48. The van der Waals surface area contributed by atoms with Gasteiger partial charge in [-0.25, -0.2) is 8.78 Å². The van der Waals surface area contributed by atoms with E-state index in [2.05, 4.69) is 16.0 Å². The first-order valence-corrected chi connectivity index (χ1v) is 8.30. The van der Waals surface area contributed by atoms with Crippen molar-refractivity contribution in [1.82, 2.24) is 16.0 Å². The van der Waals surface area contributed by atoms with Crippen LogP contribution < -0.4 is 16.0 Å². The molecule has 0 aromatic heterocycles. The fourth-order valence-electron chi connectivity index (χ4n) is 2.82. The van der Waals surface area contributed by atoms with Crippen molar-refractivity contribution in [3.8, 4) is 0 Å². The number of carbonyl (C=O) groups is 2. The molecule has 0 aliphatic heterocycles. The maximum atomic E-state index is 13.3. The number of rotatable bonds is 9. The highest BCUT2D eigenvalue weighted by atomic mass is 19.1. The predicted octanol–water partition coefficient (Wildman–Crippen LogP) is -0.439. The summed E-state index contributed by atoms with van der Waals surface area (Å²) in [5.41, 5.74) is -0.547. The minimum atomic E-state index is -1.09. The Morgan fingerprint density at radius 2 is 1.85 bits per heavy atom. The van der Waals surface area contributed by atoms with Crippen molar-refractivity contribution in [1.29, 1.82) is 0 Å². The van der Waals surface area contributed by atoms with Crippen LogP contribution in [-0.4, -0.2) is 53.0 Å². The Labute approximate surface area is 149 Å². The molecule has 0 heterocycles. The van der Waals surface area contributed by atoms with Crippen molar-refractivity contribution < 1.29 is 28.6 Å². The quantitative estimate of drug-likeness (QED) is 0.378. The number of hydrogen-bond acceptors (Lipinski definition) is 5. The second kappa shape index (κ2) is 8.52. The third-order valence-corrected chi connectivity index (χ3v) is 4.30. The Kier molecular flexibility index (Phi) is 6.63. The van der Waals surface area contributed by atoms with Gasteiger partial charge in [0.2, 0.25) is 11.8 Å². The Morgan fingerprint density at radius 1 is 1.23 bits per heavy atom. The van der Waals surface area contributed by atoms with E-state index in [9.17, 15) is 23.5 Å². The van der Waals surface area contributed by atoms with Crippen LogP contribution in [0, 0.1) is 11.6 Å². The summed E-state index contributed by atoms with van der Waals surface area (Å²) in [5, 5.41) is 27.0. The van der Waals surface area contributed by atoms with E-state index in [1.807, 2.05) is 0 Å². The largest absolute Gasteiger partial charge is 0.390 e. The number of aliphatic hydroxyl groups excluding tert-OH is 2. The molecule has 144 valence electrons. The summed E-state index contributed by atoms with van der Waals surface area (Å²) < 4.78 is 26.7. The first-order valence-electron chi connectivity index (χ1n) is 8.30. The fourth-order valence-corrected chi connectivity index (χ4v) is 2.82.